The quantitative estimate of drug-likeness (QED) is 0.0667. The van der Waals surface area contributed by atoms with Crippen LogP contribution >= 0.6 is 8.58 Å². The van der Waals surface area contributed by atoms with Crippen molar-refractivity contribution in [1.29, 1.82) is 0 Å². The Labute approximate surface area is 218 Å². The van der Waals surface area contributed by atoms with E-state index in [-0.39, 0.29) is 18.6 Å². The van der Waals surface area contributed by atoms with Gasteiger partial charge in [0.1, 0.15) is 0 Å². The van der Waals surface area contributed by atoms with Crippen LogP contribution in [-0.4, -0.2) is 17.9 Å². The fraction of sp³-hybridized carbons (Fsp3) is 0.966. The minimum absolute atomic E-state index is 0. The molecule has 0 heterocycles. The molecule has 0 bridgehead atoms. The number of unbranched alkanes of at least 4 members (excludes halogenated alkanes) is 17. The van der Waals surface area contributed by atoms with Crippen LogP contribution in [-0.2, 0) is 18.6 Å². The smallest absolute Gasteiger partial charge is 0.396 e. The second kappa shape index (κ2) is 32.0. The minimum atomic E-state index is 0. The maximum Gasteiger partial charge on any atom is 2.00 e. The summed E-state index contributed by atoms with van der Waals surface area (Å²) in [4.78, 5) is 0. The molecule has 32 heavy (non-hydrogen) atoms. The van der Waals surface area contributed by atoms with E-state index in [1.165, 1.54) is 147 Å². The van der Waals surface area contributed by atoms with Crippen LogP contribution in [0.25, 0.3) is 0 Å². The number of rotatable bonds is 27. The van der Waals surface area contributed by atoms with Crippen molar-refractivity contribution in [1.82, 2.24) is 0 Å². The van der Waals surface area contributed by atoms with E-state index in [0.29, 0.717) is 6.61 Å². The Morgan fingerprint density at radius 2 is 0.969 bits per heavy atom. The first kappa shape index (κ1) is 35.1. The molecule has 0 saturated heterocycles. The average molecular weight is 507 g/mol. The van der Waals surface area contributed by atoms with Gasteiger partial charge in [-0.3, -0.25) is 8.58 Å². The monoisotopic (exact) mass is 506 g/mol. The average Bonchev–Trinajstić information content (AvgIpc) is 2.78. The van der Waals surface area contributed by atoms with E-state index < -0.39 is 0 Å². The van der Waals surface area contributed by atoms with Crippen molar-refractivity contribution < 1.29 is 23.7 Å². The van der Waals surface area contributed by atoms with Gasteiger partial charge in [0.2, 0.25) is 0 Å². The van der Waals surface area contributed by atoms with Crippen LogP contribution in [0.1, 0.15) is 162 Å². The summed E-state index contributed by atoms with van der Waals surface area (Å²) in [6.07, 6.45) is 36.1. The summed E-state index contributed by atoms with van der Waals surface area (Å²) >= 11 is 0. The molecule has 1 nitrogen and oxygen atoms in total. The molecule has 0 saturated carbocycles. The van der Waals surface area contributed by atoms with Gasteiger partial charge < -0.3 is 11.3 Å². The topological polar surface area (TPSA) is 20.2 Å². The summed E-state index contributed by atoms with van der Waals surface area (Å²) < 4.78 is 0. The van der Waals surface area contributed by atoms with Crippen molar-refractivity contribution >= 4 is 8.58 Å². The van der Waals surface area contributed by atoms with Crippen molar-refractivity contribution in [2.24, 2.45) is 5.92 Å². The van der Waals surface area contributed by atoms with Gasteiger partial charge in [-0.15, -0.1) is 0 Å². The number of aliphatic hydroxyl groups excluding tert-OH is 1. The van der Waals surface area contributed by atoms with Gasteiger partial charge in [0.05, 0.1) is 0 Å². The molecular formula is C29H60OPV+. The Balaban J connectivity index is 0. The van der Waals surface area contributed by atoms with E-state index in [1.54, 1.807) is 0 Å². The maximum absolute atomic E-state index is 9.23. The molecule has 3 heteroatoms. The molecule has 0 aliphatic rings. The standard InChI is InChI=1S/C29H60OP.V/c1-3-5-7-9-11-13-14-16-18-20-23-29(24-22-26-30)25-28-31-27-21-19-17-15-12-10-8-6-4-2;/h28-31H,3-27H2,1-2H3;/q-1;+2. The molecule has 0 amide bonds. The summed E-state index contributed by atoms with van der Waals surface area (Å²) in [5, 5.41) is 9.23. The SMILES string of the molecule is CCCCCCCCCCCCC(C[CH-]PCCCCCCCCCCC)CCCO.[V+2]. The molecule has 0 spiro atoms. The third kappa shape index (κ3) is 29.0. The Kier molecular flexibility index (Phi) is 35.1. The molecule has 1 N–H and O–H groups in total. The maximum atomic E-state index is 9.23. The van der Waals surface area contributed by atoms with E-state index >= 15 is 0 Å². The van der Waals surface area contributed by atoms with Crippen LogP contribution in [0.3, 0.4) is 0 Å². The first-order valence-corrected chi connectivity index (χ1v) is 15.8. The predicted molar refractivity (Wildman–Crippen MR) is 146 cm³/mol. The van der Waals surface area contributed by atoms with Gasteiger partial charge in [-0.2, -0.15) is 6.42 Å². The zero-order valence-electron chi connectivity index (χ0n) is 22.2. The zero-order valence-corrected chi connectivity index (χ0v) is 24.6. The predicted octanol–water partition coefficient (Wildman–Crippen LogP) is 10.4. The van der Waals surface area contributed by atoms with E-state index in [1.807, 2.05) is 0 Å². The zero-order chi connectivity index (χ0) is 22.7. The van der Waals surface area contributed by atoms with Gasteiger partial charge in [-0.1, -0.05) is 161 Å². The summed E-state index contributed by atoms with van der Waals surface area (Å²) in [7, 11) is 1.06. The van der Waals surface area contributed by atoms with Crippen molar-refractivity contribution in [3.05, 3.63) is 6.16 Å². The second-order valence-corrected chi connectivity index (χ2v) is 11.2. The molecule has 0 aliphatic carbocycles. The van der Waals surface area contributed by atoms with E-state index in [9.17, 15) is 5.11 Å². The molecule has 0 aromatic carbocycles. The van der Waals surface area contributed by atoms with Crippen LogP contribution in [0.5, 0.6) is 0 Å². The van der Waals surface area contributed by atoms with Gasteiger partial charge in [0.15, 0.2) is 0 Å². The summed E-state index contributed by atoms with van der Waals surface area (Å²) in [5.41, 5.74) is 0. The molecule has 0 fully saturated rings. The van der Waals surface area contributed by atoms with Gasteiger partial charge in [0, 0.05) is 6.61 Å². The number of hydrogen-bond donors (Lipinski definition) is 1. The van der Waals surface area contributed by atoms with E-state index in [4.69, 9.17) is 0 Å². The van der Waals surface area contributed by atoms with Crippen LogP contribution in [0.2, 0.25) is 0 Å². The molecule has 2 atom stereocenters. The van der Waals surface area contributed by atoms with Crippen molar-refractivity contribution in [2.75, 3.05) is 12.8 Å². The Bertz CT molecular complexity index is 314. The first-order valence-electron chi connectivity index (χ1n) is 14.5. The molecule has 1 radical (unpaired) electrons. The van der Waals surface area contributed by atoms with Crippen molar-refractivity contribution in [3.63, 3.8) is 0 Å². The Morgan fingerprint density at radius 3 is 1.44 bits per heavy atom. The van der Waals surface area contributed by atoms with E-state index in [2.05, 4.69) is 20.0 Å². The normalized spacial score (nSPS) is 12.5. The van der Waals surface area contributed by atoms with Gasteiger partial charge >= 0.3 is 18.6 Å². The van der Waals surface area contributed by atoms with Crippen molar-refractivity contribution in [3.8, 4) is 0 Å². The summed E-state index contributed by atoms with van der Waals surface area (Å²) in [6.45, 7) is 4.96. The van der Waals surface area contributed by atoms with E-state index in [0.717, 1.165) is 20.9 Å². The van der Waals surface area contributed by atoms with Crippen LogP contribution < -0.4 is 0 Å². The largest absolute Gasteiger partial charge is 2.00 e. The van der Waals surface area contributed by atoms with Gasteiger partial charge in [0.25, 0.3) is 0 Å². The molecule has 0 aliphatic heterocycles. The van der Waals surface area contributed by atoms with Crippen LogP contribution in [0, 0.1) is 12.1 Å². The fourth-order valence-electron chi connectivity index (χ4n) is 4.57. The van der Waals surface area contributed by atoms with Crippen LogP contribution in [0.15, 0.2) is 0 Å². The summed E-state index contributed by atoms with van der Waals surface area (Å²) in [6, 6.07) is 0. The molecule has 0 rings (SSSR count). The molecular weight excluding hydrogens is 446 g/mol. The summed E-state index contributed by atoms with van der Waals surface area (Å²) in [5.74, 6) is 0.830. The molecule has 0 aromatic rings. The number of aliphatic hydroxyl groups is 1. The third-order valence-corrected chi connectivity index (χ3v) is 7.92. The molecule has 191 valence electrons. The fourth-order valence-corrected chi connectivity index (χ4v) is 5.73. The van der Waals surface area contributed by atoms with Crippen molar-refractivity contribution in [2.45, 2.75) is 162 Å². The Morgan fingerprint density at radius 1 is 0.562 bits per heavy atom. The Hall–Kier alpha value is 0.974. The second-order valence-electron chi connectivity index (χ2n) is 9.92. The van der Waals surface area contributed by atoms with Gasteiger partial charge in [-0.25, -0.2) is 0 Å². The number of hydrogen-bond acceptors (Lipinski definition) is 1. The van der Waals surface area contributed by atoms with Gasteiger partial charge in [-0.05, 0) is 6.42 Å². The first-order chi connectivity index (χ1) is 15.3. The molecule has 2 unspecified atom stereocenters. The minimum Gasteiger partial charge on any atom is -0.396 e. The third-order valence-electron chi connectivity index (χ3n) is 6.76. The van der Waals surface area contributed by atoms with Crippen LogP contribution in [0.4, 0.5) is 0 Å². The molecule has 0 aromatic heterocycles.